The van der Waals surface area contributed by atoms with E-state index in [1.54, 1.807) is 24.0 Å². The molecule has 0 fully saturated rings. The number of aromatic nitrogens is 4. The number of nitrogens with zero attached hydrogens (tertiary/aromatic N) is 3. The lowest BCUT2D eigenvalue weighted by Crippen LogP contribution is -2.36. The molecule has 1 amide bonds. The van der Waals surface area contributed by atoms with Gasteiger partial charge in [-0.1, -0.05) is 24.3 Å². The Morgan fingerprint density at radius 1 is 1.10 bits per heavy atom. The van der Waals surface area contributed by atoms with Gasteiger partial charge in [-0.05, 0) is 29.8 Å². The van der Waals surface area contributed by atoms with Crippen molar-refractivity contribution in [2.45, 2.75) is 17.1 Å². The number of H-pyrrole nitrogens is 1. The average Bonchev–Trinajstić information content (AvgIpc) is 3.43. The van der Waals surface area contributed by atoms with Crippen LogP contribution in [-0.2, 0) is 5.75 Å². The van der Waals surface area contributed by atoms with Crippen LogP contribution < -0.4 is 14.8 Å². The van der Waals surface area contributed by atoms with E-state index in [1.165, 1.54) is 6.33 Å². The Hall–Kier alpha value is -3.59. The zero-order valence-electron chi connectivity index (χ0n) is 15.7. The summed E-state index contributed by atoms with van der Waals surface area (Å²) in [4.78, 5) is 21.1. The zero-order chi connectivity index (χ0) is 20.3. The smallest absolute Gasteiger partial charge is 0.258 e. The quantitative estimate of drug-likeness (QED) is 0.366. The van der Waals surface area contributed by atoms with Crippen molar-refractivity contribution < 1.29 is 14.3 Å². The lowest BCUT2D eigenvalue weighted by molar-refractivity contribution is 0.0471. The molecular weight excluding hydrogens is 402 g/mol. The molecule has 0 spiro atoms. The first-order valence-corrected chi connectivity index (χ1v) is 10.3. The van der Waals surface area contributed by atoms with Crippen molar-refractivity contribution in [1.29, 1.82) is 0 Å². The van der Waals surface area contributed by atoms with Crippen LogP contribution in [0.3, 0.4) is 0 Å². The van der Waals surface area contributed by atoms with Crippen LogP contribution in [0.2, 0.25) is 0 Å². The maximum absolute atomic E-state index is 12.6. The molecule has 0 saturated heterocycles. The third-order valence-corrected chi connectivity index (χ3v) is 5.65. The summed E-state index contributed by atoms with van der Waals surface area (Å²) in [6.07, 6.45) is 2.70. The second kappa shape index (κ2) is 8.03. The minimum Gasteiger partial charge on any atom is -0.449 e. The number of rotatable bonds is 6. The standard InChI is InChI=1S/C21H17N5O3S/c27-20(22-10-18-28-16-6-1-2-7-17(16)29-18)14-5-3-4-13(8-14)11-30-21-15-9-25-26-19(15)23-12-24-21/h1-9,12,18H,10-11H2,(H,22,27)(H,23,24,25,26). The monoisotopic (exact) mass is 419 g/mol. The predicted octanol–water partition coefficient (Wildman–Crippen LogP) is 3.17. The highest BCUT2D eigenvalue weighted by Gasteiger charge is 2.24. The molecule has 150 valence electrons. The van der Waals surface area contributed by atoms with Gasteiger partial charge in [-0.25, -0.2) is 9.97 Å². The maximum Gasteiger partial charge on any atom is 0.258 e. The largest absolute Gasteiger partial charge is 0.449 e. The lowest BCUT2D eigenvalue weighted by Gasteiger charge is -2.12. The zero-order valence-corrected chi connectivity index (χ0v) is 16.6. The normalized spacial score (nSPS) is 12.9. The predicted molar refractivity (Wildman–Crippen MR) is 112 cm³/mol. The molecule has 30 heavy (non-hydrogen) atoms. The lowest BCUT2D eigenvalue weighted by atomic mass is 10.1. The Morgan fingerprint density at radius 2 is 1.93 bits per heavy atom. The van der Waals surface area contributed by atoms with E-state index in [0.29, 0.717) is 28.5 Å². The molecule has 1 aliphatic heterocycles. The first-order chi connectivity index (χ1) is 14.8. The van der Waals surface area contributed by atoms with Crippen LogP contribution in [0.15, 0.2) is 66.1 Å². The van der Waals surface area contributed by atoms with Gasteiger partial charge in [0.2, 0.25) is 0 Å². The number of fused-ring (bicyclic) bond motifs is 2. The number of thioether (sulfide) groups is 1. The van der Waals surface area contributed by atoms with Gasteiger partial charge in [0.1, 0.15) is 11.4 Å². The summed E-state index contributed by atoms with van der Waals surface area (Å²) in [6, 6.07) is 15.0. The molecule has 0 unspecified atom stereocenters. The number of para-hydroxylation sites is 2. The Labute approximate surface area is 176 Å². The maximum atomic E-state index is 12.6. The molecular formula is C21H17N5O3S. The molecule has 4 aromatic rings. The van der Waals surface area contributed by atoms with Crippen molar-refractivity contribution in [3.05, 3.63) is 72.2 Å². The molecule has 9 heteroatoms. The van der Waals surface area contributed by atoms with E-state index < -0.39 is 6.29 Å². The number of aromatic amines is 1. The molecule has 0 bridgehead atoms. The fourth-order valence-electron chi connectivity index (χ4n) is 3.13. The minimum atomic E-state index is -0.528. The summed E-state index contributed by atoms with van der Waals surface area (Å²) < 4.78 is 11.3. The first-order valence-electron chi connectivity index (χ1n) is 9.32. The Morgan fingerprint density at radius 3 is 2.77 bits per heavy atom. The van der Waals surface area contributed by atoms with Crippen molar-refractivity contribution in [2.24, 2.45) is 0 Å². The van der Waals surface area contributed by atoms with Crippen LogP contribution in [-0.4, -0.2) is 38.9 Å². The molecule has 5 rings (SSSR count). The fourth-order valence-corrected chi connectivity index (χ4v) is 4.04. The van der Waals surface area contributed by atoms with Crippen LogP contribution in [0, 0.1) is 0 Å². The molecule has 2 aromatic heterocycles. The molecule has 2 N–H and O–H groups in total. The molecule has 0 saturated carbocycles. The molecule has 8 nitrogen and oxygen atoms in total. The number of hydrogen-bond acceptors (Lipinski definition) is 7. The molecule has 2 aromatic carbocycles. The van der Waals surface area contributed by atoms with Crippen molar-refractivity contribution in [1.82, 2.24) is 25.5 Å². The summed E-state index contributed by atoms with van der Waals surface area (Å²) in [5.74, 6) is 1.87. The van der Waals surface area contributed by atoms with Crippen LogP contribution in [0.5, 0.6) is 11.5 Å². The van der Waals surface area contributed by atoms with Gasteiger partial charge in [0.25, 0.3) is 12.2 Å². The number of benzene rings is 2. The third kappa shape index (κ3) is 3.79. The van der Waals surface area contributed by atoms with E-state index in [-0.39, 0.29) is 12.5 Å². The number of carbonyl (C=O) groups is 1. The van der Waals surface area contributed by atoms with Gasteiger partial charge < -0.3 is 14.8 Å². The number of hydrogen-bond donors (Lipinski definition) is 2. The van der Waals surface area contributed by atoms with E-state index in [2.05, 4.69) is 25.5 Å². The fraction of sp³-hybridized carbons (Fsp3) is 0.143. The van der Waals surface area contributed by atoms with E-state index in [1.807, 2.05) is 42.5 Å². The summed E-state index contributed by atoms with van der Waals surface area (Å²) >= 11 is 1.57. The minimum absolute atomic E-state index is 0.177. The number of carbonyl (C=O) groups excluding carboxylic acids is 1. The van der Waals surface area contributed by atoms with Crippen LogP contribution in [0.4, 0.5) is 0 Å². The summed E-state index contributed by atoms with van der Waals surface area (Å²) in [5, 5.41) is 11.4. The Balaban J connectivity index is 1.19. The summed E-state index contributed by atoms with van der Waals surface area (Å²) in [6.45, 7) is 0.256. The SMILES string of the molecule is O=C(NCC1Oc2ccccc2O1)c1cccc(CSc2ncnc3[nH]ncc23)c1. The van der Waals surface area contributed by atoms with E-state index in [4.69, 9.17) is 9.47 Å². The van der Waals surface area contributed by atoms with Gasteiger partial charge in [0, 0.05) is 11.3 Å². The number of amides is 1. The number of nitrogens with one attached hydrogen (secondary N) is 2. The molecule has 0 radical (unpaired) electrons. The molecule has 1 aliphatic rings. The van der Waals surface area contributed by atoms with Crippen molar-refractivity contribution in [3.63, 3.8) is 0 Å². The van der Waals surface area contributed by atoms with Gasteiger partial charge in [-0.2, -0.15) is 5.10 Å². The van der Waals surface area contributed by atoms with Crippen LogP contribution in [0.1, 0.15) is 15.9 Å². The first kappa shape index (κ1) is 18.4. The van der Waals surface area contributed by atoms with Gasteiger partial charge >= 0.3 is 0 Å². The third-order valence-electron chi connectivity index (χ3n) is 4.57. The second-order valence-corrected chi connectivity index (χ2v) is 7.59. The van der Waals surface area contributed by atoms with Crippen molar-refractivity contribution >= 4 is 28.7 Å². The van der Waals surface area contributed by atoms with Gasteiger partial charge in [-0.3, -0.25) is 9.89 Å². The van der Waals surface area contributed by atoms with Gasteiger partial charge in [0.15, 0.2) is 17.1 Å². The van der Waals surface area contributed by atoms with E-state index >= 15 is 0 Å². The van der Waals surface area contributed by atoms with Gasteiger partial charge in [-0.15, -0.1) is 11.8 Å². The van der Waals surface area contributed by atoms with E-state index in [0.717, 1.165) is 16.0 Å². The molecule has 0 atom stereocenters. The molecule has 3 heterocycles. The van der Waals surface area contributed by atoms with Crippen molar-refractivity contribution in [2.75, 3.05) is 6.54 Å². The second-order valence-electron chi connectivity index (χ2n) is 6.62. The topological polar surface area (TPSA) is 102 Å². The summed E-state index contributed by atoms with van der Waals surface area (Å²) in [5.41, 5.74) is 2.31. The average molecular weight is 419 g/mol. The van der Waals surface area contributed by atoms with E-state index in [9.17, 15) is 4.79 Å². The van der Waals surface area contributed by atoms with Crippen molar-refractivity contribution in [3.8, 4) is 11.5 Å². The Bertz CT molecular complexity index is 1190. The molecule has 0 aliphatic carbocycles. The Kier molecular flexibility index (Phi) is 4.94. The summed E-state index contributed by atoms with van der Waals surface area (Å²) in [7, 11) is 0. The highest BCUT2D eigenvalue weighted by atomic mass is 32.2. The van der Waals surface area contributed by atoms with Crippen LogP contribution >= 0.6 is 11.8 Å². The highest BCUT2D eigenvalue weighted by Crippen LogP contribution is 2.33. The van der Waals surface area contributed by atoms with Gasteiger partial charge in [0.05, 0.1) is 18.1 Å². The highest BCUT2D eigenvalue weighted by molar-refractivity contribution is 7.98. The van der Waals surface area contributed by atoms with Crippen LogP contribution in [0.25, 0.3) is 11.0 Å². The number of ether oxygens (including phenoxy) is 2.